The Morgan fingerprint density at radius 1 is 1.00 bits per heavy atom. The van der Waals surface area contributed by atoms with Crippen molar-refractivity contribution < 1.29 is 4.79 Å². The summed E-state index contributed by atoms with van der Waals surface area (Å²) in [5.41, 5.74) is 1.86. The molecular weight excluding hydrogens is 374 g/mol. The number of nitrogens with zero attached hydrogens (tertiary/aromatic N) is 5. The second kappa shape index (κ2) is 10.0. The monoisotopic (exact) mass is 407 g/mol. The zero-order chi connectivity index (χ0) is 20.8. The summed E-state index contributed by atoms with van der Waals surface area (Å²) >= 11 is 0. The fourth-order valence-electron chi connectivity index (χ4n) is 4.51. The summed E-state index contributed by atoms with van der Waals surface area (Å²) in [5, 5.41) is 0. The van der Waals surface area contributed by atoms with Crippen molar-refractivity contribution in [2.24, 2.45) is 0 Å². The first-order chi connectivity index (χ1) is 14.7. The van der Waals surface area contributed by atoms with Crippen molar-refractivity contribution >= 4 is 11.9 Å². The second-order valence-corrected chi connectivity index (χ2v) is 8.59. The molecule has 30 heavy (non-hydrogen) atoms. The molecular formula is C24H33N5O. The van der Waals surface area contributed by atoms with Crippen LogP contribution in [0, 0.1) is 0 Å². The van der Waals surface area contributed by atoms with Crippen molar-refractivity contribution in [1.82, 2.24) is 19.8 Å². The third-order valence-electron chi connectivity index (χ3n) is 6.40. The number of aromatic nitrogens is 2. The highest BCUT2D eigenvalue weighted by atomic mass is 16.2. The summed E-state index contributed by atoms with van der Waals surface area (Å²) in [6.07, 6.45) is 10.0. The van der Waals surface area contributed by atoms with E-state index in [2.05, 4.69) is 56.0 Å². The van der Waals surface area contributed by atoms with Crippen LogP contribution in [0.25, 0.3) is 0 Å². The maximum absolute atomic E-state index is 13.5. The number of carbonyl (C=O) groups is 1. The van der Waals surface area contributed by atoms with Crippen molar-refractivity contribution in [2.45, 2.75) is 44.6 Å². The Labute approximate surface area is 179 Å². The van der Waals surface area contributed by atoms with Gasteiger partial charge in [-0.05, 0) is 64.2 Å². The maximum atomic E-state index is 13.5. The Hall–Kier alpha value is -2.47. The fraction of sp³-hybridized carbons (Fsp3) is 0.542. The first kappa shape index (κ1) is 20.8. The number of amides is 1. The lowest BCUT2D eigenvalue weighted by molar-refractivity contribution is 0.0593. The van der Waals surface area contributed by atoms with Gasteiger partial charge in [-0.25, -0.2) is 9.97 Å². The standard InChI is InChI=1S/C24H33N5O/c1-27-15-11-22(12-16-27)29(17-10-20-8-4-2-5-9-20)23(30)21-18-25-24(26-19-21)28-13-6-3-7-14-28/h2,4-5,8-9,18-19,22H,3,6-7,10-17H2,1H3. The van der Waals surface area contributed by atoms with E-state index in [9.17, 15) is 4.79 Å². The highest BCUT2D eigenvalue weighted by molar-refractivity contribution is 5.94. The van der Waals surface area contributed by atoms with Gasteiger partial charge < -0.3 is 14.7 Å². The van der Waals surface area contributed by atoms with Gasteiger partial charge in [0, 0.05) is 38.1 Å². The summed E-state index contributed by atoms with van der Waals surface area (Å²) < 4.78 is 0. The lowest BCUT2D eigenvalue weighted by atomic mass is 10.0. The lowest BCUT2D eigenvalue weighted by Gasteiger charge is -2.37. The van der Waals surface area contributed by atoms with Gasteiger partial charge in [-0.1, -0.05) is 30.3 Å². The fourth-order valence-corrected chi connectivity index (χ4v) is 4.51. The quantitative estimate of drug-likeness (QED) is 0.736. The van der Waals surface area contributed by atoms with E-state index in [0.29, 0.717) is 5.56 Å². The number of benzene rings is 1. The first-order valence-corrected chi connectivity index (χ1v) is 11.3. The average molecular weight is 408 g/mol. The topological polar surface area (TPSA) is 52.6 Å². The van der Waals surface area contributed by atoms with Gasteiger partial charge in [0.1, 0.15) is 0 Å². The minimum atomic E-state index is 0.0608. The molecule has 2 aliphatic heterocycles. The molecule has 0 atom stereocenters. The van der Waals surface area contributed by atoms with Crippen LogP contribution in [-0.2, 0) is 6.42 Å². The molecule has 1 aromatic carbocycles. The van der Waals surface area contributed by atoms with E-state index in [4.69, 9.17) is 0 Å². The molecule has 2 fully saturated rings. The second-order valence-electron chi connectivity index (χ2n) is 8.59. The minimum absolute atomic E-state index is 0.0608. The number of piperidine rings is 2. The molecule has 6 nitrogen and oxygen atoms in total. The highest BCUT2D eigenvalue weighted by Crippen LogP contribution is 2.20. The summed E-state index contributed by atoms with van der Waals surface area (Å²) in [6, 6.07) is 10.7. The molecule has 0 saturated carbocycles. The molecule has 2 saturated heterocycles. The largest absolute Gasteiger partial charge is 0.341 e. The van der Waals surface area contributed by atoms with Crippen LogP contribution in [0.3, 0.4) is 0 Å². The molecule has 2 aromatic rings. The normalized spacial score (nSPS) is 18.4. The number of hydrogen-bond acceptors (Lipinski definition) is 5. The Bertz CT molecular complexity index is 796. The van der Waals surface area contributed by atoms with Crippen LogP contribution < -0.4 is 4.90 Å². The SMILES string of the molecule is CN1CCC(N(CCc2ccccc2)C(=O)c2cnc(N3CCCCC3)nc2)CC1. The predicted octanol–water partition coefficient (Wildman–Crippen LogP) is 3.25. The van der Waals surface area contributed by atoms with E-state index in [-0.39, 0.29) is 11.9 Å². The zero-order valence-electron chi connectivity index (χ0n) is 18.0. The van der Waals surface area contributed by atoms with Crippen molar-refractivity contribution in [2.75, 3.05) is 44.7 Å². The molecule has 4 rings (SSSR count). The van der Waals surface area contributed by atoms with Crippen LogP contribution in [0.4, 0.5) is 5.95 Å². The maximum Gasteiger partial charge on any atom is 0.257 e. The van der Waals surface area contributed by atoms with E-state index >= 15 is 0 Å². The number of likely N-dealkylation sites (tertiary alicyclic amines) is 1. The van der Waals surface area contributed by atoms with Gasteiger partial charge in [-0.15, -0.1) is 0 Å². The molecule has 160 valence electrons. The van der Waals surface area contributed by atoms with E-state index in [0.717, 1.165) is 57.9 Å². The molecule has 0 aliphatic carbocycles. The van der Waals surface area contributed by atoms with Gasteiger partial charge in [-0.3, -0.25) is 4.79 Å². The van der Waals surface area contributed by atoms with Gasteiger partial charge in [0.15, 0.2) is 0 Å². The van der Waals surface area contributed by atoms with Crippen LogP contribution in [0.15, 0.2) is 42.7 Å². The molecule has 6 heteroatoms. The van der Waals surface area contributed by atoms with Gasteiger partial charge in [0.25, 0.3) is 5.91 Å². The van der Waals surface area contributed by atoms with Crippen LogP contribution >= 0.6 is 0 Å². The molecule has 1 aromatic heterocycles. The number of hydrogen-bond donors (Lipinski definition) is 0. The van der Waals surface area contributed by atoms with Crippen molar-refractivity contribution in [3.05, 3.63) is 53.9 Å². The number of rotatable bonds is 6. The van der Waals surface area contributed by atoms with Crippen molar-refractivity contribution in [3.63, 3.8) is 0 Å². The molecule has 0 bridgehead atoms. The predicted molar refractivity (Wildman–Crippen MR) is 120 cm³/mol. The Morgan fingerprint density at radius 3 is 2.33 bits per heavy atom. The molecule has 2 aliphatic rings. The summed E-state index contributed by atoms with van der Waals surface area (Å²) in [7, 11) is 2.15. The summed E-state index contributed by atoms with van der Waals surface area (Å²) in [4.78, 5) is 29.2. The molecule has 0 unspecified atom stereocenters. The van der Waals surface area contributed by atoms with E-state index in [1.807, 2.05) is 6.07 Å². The highest BCUT2D eigenvalue weighted by Gasteiger charge is 2.28. The van der Waals surface area contributed by atoms with Crippen LogP contribution in [0.1, 0.15) is 48.0 Å². The van der Waals surface area contributed by atoms with Crippen LogP contribution in [0.2, 0.25) is 0 Å². The number of anilines is 1. The average Bonchev–Trinajstić information content (AvgIpc) is 2.81. The van der Waals surface area contributed by atoms with Gasteiger partial charge in [0.05, 0.1) is 5.56 Å². The van der Waals surface area contributed by atoms with Gasteiger partial charge >= 0.3 is 0 Å². The lowest BCUT2D eigenvalue weighted by Crippen LogP contribution is -2.47. The van der Waals surface area contributed by atoms with Crippen molar-refractivity contribution in [1.29, 1.82) is 0 Å². The Balaban J connectivity index is 1.47. The number of carbonyl (C=O) groups excluding carboxylic acids is 1. The first-order valence-electron chi connectivity index (χ1n) is 11.3. The zero-order valence-corrected chi connectivity index (χ0v) is 18.0. The molecule has 3 heterocycles. The summed E-state index contributed by atoms with van der Waals surface area (Å²) in [6.45, 7) is 4.80. The van der Waals surface area contributed by atoms with Crippen molar-refractivity contribution in [3.8, 4) is 0 Å². The van der Waals surface area contributed by atoms with E-state index in [1.54, 1.807) is 12.4 Å². The third-order valence-corrected chi connectivity index (χ3v) is 6.40. The van der Waals surface area contributed by atoms with Gasteiger partial charge in [-0.2, -0.15) is 0 Å². The van der Waals surface area contributed by atoms with E-state index in [1.165, 1.54) is 24.8 Å². The molecule has 0 spiro atoms. The minimum Gasteiger partial charge on any atom is -0.341 e. The molecule has 1 amide bonds. The third kappa shape index (κ3) is 5.17. The van der Waals surface area contributed by atoms with Gasteiger partial charge in [0.2, 0.25) is 5.95 Å². The summed E-state index contributed by atoms with van der Waals surface area (Å²) in [5.74, 6) is 0.812. The van der Waals surface area contributed by atoms with E-state index < -0.39 is 0 Å². The van der Waals surface area contributed by atoms with Crippen LogP contribution in [-0.4, -0.2) is 71.5 Å². The molecule has 0 N–H and O–H groups in total. The Kier molecular flexibility index (Phi) is 6.95. The van der Waals surface area contributed by atoms with Crippen LogP contribution in [0.5, 0.6) is 0 Å². The molecule has 0 radical (unpaired) electrons. The Morgan fingerprint density at radius 2 is 1.67 bits per heavy atom. The smallest absolute Gasteiger partial charge is 0.257 e.